The summed E-state index contributed by atoms with van der Waals surface area (Å²) in [5, 5.41) is 16.4. The first-order valence-corrected chi connectivity index (χ1v) is 2.52. The van der Waals surface area contributed by atoms with Crippen LogP contribution in [0.25, 0.3) is 0 Å². The first-order valence-electron chi connectivity index (χ1n) is 2.52. The van der Waals surface area contributed by atoms with Gasteiger partial charge in [0.25, 0.3) is 0 Å². The third-order valence-electron chi connectivity index (χ3n) is 0.917. The van der Waals surface area contributed by atoms with Crippen LogP contribution in [0.5, 0.6) is 0 Å². The molecule has 0 aliphatic carbocycles. The molecule has 4 nitrogen and oxygen atoms in total. The third kappa shape index (κ3) is 2.67. The molecule has 4 heteroatoms. The second-order valence-electron chi connectivity index (χ2n) is 1.60. The molecular weight excluding hydrogens is 120 g/mol. The van der Waals surface area contributed by atoms with Gasteiger partial charge in [0, 0.05) is 6.61 Å². The molecule has 0 saturated heterocycles. The lowest BCUT2D eigenvalue weighted by Crippen LogP contribution is -2.22. The van der Waals surface area contributed by atoms with Gasteiger partial charge in [-0.15, -0.1) is 0 Å². The summed E-state index contributed by atoms with van der Waals surface area (Å²) >= 11 is 0. The van der Waals surface area contributed by atoms with Gasteiger partial charge in [0.2, 0.25) is 5.91 Å². The maximum Gasteiger partial charge on any atom is 0.234 e. The Labute approximate surface area is 52.9 Å². The van der Waals surface area contributed by atoms with Gasteiger partial charge in [0.1, 0.15) is 5.92 Å². The number of hydrogen-bond acceptors (Lipinski definition) is 3. The van der Waals surface area contributed by atoms with E-state index < -0.39 is 11.8 Å². The molecule has 0 aliphatic rings. The number of carbonyl (C=O) groups is 1. The molecule has 0 saturated carbocycles. The van der Waals surface area contributed by atoms with Gasteiger partial charge < -0.3 is 10.8 Å². The number of nitriles is 1. The molecule has 0 fully saturated rings. The number of hydrogen-bond donors (Lipinski definition) is 2. The Kier molecular flexibility index (Phi) is 3.40. The number of nitrogens with two attached hydrogens (primary N) is 1. The number of carbonyl (C=O) groups excluding carboxylic acids is 1. The van der Waals surface area contributed by atoms with Crippen LogP contribution in [0.4, 0.5) is 0 Å². The third-order valence-corrected chi connectivity index (χ3v) is 0.917. The van der Waals surface area contributed by atoms with Gasteiger partial charge in [0.05, 0.1) is 6.07 Å². The molecule has 0 bridgehead atoms. The fourth-order valence-electron chi connectivity index (χ4n) is 0.400. The SMILES string of the molecule is N#CC(CCO)C(N)=O. The van der Waals surface area contributed by atoms with E-state index in [1.807, 2.05) is 0 Å². The standard InChI is InChI=1S/C5H8N2O2/c6-3-4(1-2-8)5(7)9/h4,8H,1-2H2,(H2,7,9). The summed E-state index contributed by atoms with van der Waals surface area (Å²) in [7, 11) is 0. The van der Waals surface area contributed by atoms with E-state index in [1.54, 1.807) is 6.07 Å². The summed E-state index contributed by atoms with van der Waals surface area (Å²) < 4.78 is 0. The number of nitrogens with zero attached hydrogens (tertiary/aromatic N) is 1. The highest BCUT2D eigenvalue weighted by molar-refractivity contribution is 5.79. The van der Waals surface area contributed by atoms with Crippen molar-refractivity contribution in [1.29, 1.82) is 5.26 Å². The number of amides is 1. The Hall–Kier alpha value is -1.08. The molecule has 0 spiro atoms. The highest BCUT2D eigenvalue weighted by Gasteiger charge is 2.11. The van der Waals surface area contributed by atoms with E-state index in [0.29, 0.717) is 0 Å². The van der Waals surface area contributed by atoms with Crippen molar-refractivity contribution in [1.82, 2.24) is 0 Å². The molecule has 0 aromatic rings. The maximum atomic E-state index is 10.2. The van der Waals surface area contributed by atoms with Crippen LogP contribution in [-0.4, -0.2) is 17.6 Å². The van der Waals surface area contributed by atoms with Crippen LogP contribution < -0.4 is 5.73 Å². The minimum absolute atomic E-state index is 0.131. The summed E-state index contributed by atoms with van der Waals surface area (Å²) in [5.41, 5.74) is 4.76. The van der Waals surface area contributed by atoms with Gasteiger partial charge in [-0.3, -0.25) is 4.79 Å². The van der Waals surface area contributed by atoms with E-state index >= 15 is 0 Å². The van der Waals surface area contributed by atoms with Crippen LogP contribution >= 0.6 is 0 Å². The van der Waals surface area contributed by atoms with Gasteiger partial charge in [-0.1, -0.05) is 0 Å². The molecular formula is C5H8N2O2. The molecule has 0 heterocycles. The lowest BCUT2D eigenvalue weighted by molar-refractivity contribution is -0.120. The van der Waals surface area contributed by atoms with Crippen molar-refractivity contribution < 1.29 is 9.90 Å². The largest absolute Gasteiger partial charge is 0.396 e. The predicted octanol–water partition coefficient (Wildman–Crippen LogP) is -1.01. The van der Waals surface area contributed by atoms with Crippen LogP contribution in [0.15, 0.2) is 0 Å². The van der Waals surface area contributed by atoms with E-state index in [9.17, 15) is 4.79 Å². The minimum Gasteiger partial charge on any atom is -0.396 e. The Morgan fingerprint density at radius 3 is 2.56 bits per heavy atom. The molecule has 3 N–H and O–H groups in total. The summed E-state index contributed by atoms with van der Waals surface area (Å²) in [5.74, 6) is -1.51. The van der Waals surface area contributed by atoms with Crippen molar-refractivity contribution in [2.45, 2.75) is 6.42 Å². The van der Waals surface area contributed by atoms with Crippen LogP contribution in [0.2, 0.25) is 0 Å². The van der Waals surface area contributed by atoms with Crippen molar-refractivity contribution in [2.24, 2.45) is 11.7 Å². The zero-order valence-electron chi connectivity index (χ0n) is 4.87. The molecule has 0 aromatic carbocycles. The Bertz CT molecular complexity index is 138. The van der Waals surface area contributed by atoms with Gasteiger partial charge in [-0.05, 0) is 6.42 Å². The highest BCUT2D eigenvalue weighted by atomic mass is 16.3. The fraction of sp³-hybridized carbons (Fsp3) is 0.600. The monoisotopic (exact) mass is 128 g/mol. The Balaban J connectivity index is 3.72. The van der Waals surface area contributed by atoms with E-state index in [0.717, 1.165) is 0 Å². The van der Waals surface area contributed by atoms with Crippen LogP contribution in [0.1, 0.15) is 6.42 Å². The average molecular weight is 128 g/mol. The second kappa shape index (κ2) is 3.87. The van der Waals surface area contributed by atoms with E-state index in [2.05, 4.69) is 0 Å². The second-order valence-corrected chi connectivity index (χ2v) is 1.60. The molecule has 1 atom stereocenters. The quantitative estimate of drug-likeness (QED) is 0.510. The summed E-state index contributed by atoms with van der Waals surface area (Å²) in [6, 6.07) is 1.67. The first-order chi connectivity index (χ1) is 4.22. The van der Waals surface area contributed by atoms with Gasteiger partial charge >= 0.3 is 0 Å². The van der Waals surface area contributed by atoms with Crippen LogP contribution in [0.3, 0.4) is 0 Å². The molecule has 1 unspecified atom stereocenters. The summed E-state index contributed by atoms with van der Waals surface area (Å²) in [6.45, 7) is -0.179. The lowest BCUT2D eigenvalue weighted by atomic mass is 10.1. The van der Waals surface area contributed by atoms with E-state index in [4.69, 9.17) is 16.1 Å². The van der Waals surface area contributed by atoms with Crippen LogP contribution in [0, 0.1) is 17.2 Å². The molecule has 50 valence electrons. The topological polar surface area (TPSA) is 87.1 Å². The summed E-state index contributed by atoms with van der Waals surface area (Å²) in [6.07, 6.45) is 0.131. The van der Waals surface area contributed by atoms with Gasteiger partial charge in [-0.2, -0.15) is 5.26 Å². The fourth-order valence-corrected chi connectivity index (χ4v) is 0.400. The van der Waals surface area contributed by atoms with Crippen LogP contribution in [-0.2, 0) is 4.79 Å². The number of aliphatic hydroxyl groups excluding tert-OH is 1. The van der Waals surface area contributed by atoms with Crippen molar-refractivity contribution in [3.8, 4) is 6.07 Å². The highest BCUT2D eigenvalue weighted by Crippen LogP contribution is 1.97. The van der Waals surface area contributed by atoms with Crippen molar-refractivity contribution in [3.63, 3.8) is 0 Å². The molecule has 0 aromatic heterocycles. The summed E-state index contributed by atoms with van der Waals surface area (Å²) in [4.78, 5) is 10.2. The zero-order valence-corrected chi connectivity index (χ0v) is 4.87. The van der Waals surface area contributed by atoms with E-state index in [-0.39, 0.29) is 13.0 Å². The smallest absolute Gasteiger partial charge is 0.234 e. The van der Waals surface area contributed by atoms with Crippen molar-refractivity contribution in [2.75, 3.05) is 6.61 Å². The number of primary amides is 1. The molecule has 0 radical (unpaired) electrons. The Morgan fingerprint density at radius 2 is 2.44 bits per heavy atom. The zero-order chi connectivity index (χ0) is 7.28. The normalized spacial score (nSPS) is 12.0. The van der Waals surface area contributed by atoms with E-state index in [1.165, 1.54) is 0 Å². The lowest BCUT2D eigenvalue weighted by Gasteiger charge is -1.98. The minimum atomic E-state index is -0.838. The number of aliphatic hydroxyl groups is 1. The van der Waals surface area contributed by atoms with Gasteiger partial charge in [-0.25, -0.2) is 0 Å². The molecule has 0 rings (SSSR count). The van der Waals surface area contributed by atoms with Crippen molar-refractivity contribution in [3.05, 3.63) is 0 Å². The molecule has 1 amide bonds. The molecule has 9 heavy (non-hydrogen) atoms. The maximum absolute atomic E-state index is 10.2. The predicted molar refractivity (Wildman–Crippen MR) is 30.0 cm³/mol. The first kappa shape index (κ1) is 7.92. The number of rotatable bonds is 3. The van der Waals surface area contributed by atoms with Gasteiger partial charge in [0.15, 0.2) is 0 Å². The average Bonchev–Trinajstić information content (AvgIpc) is 1.82. The Morgan fingerprint density at radius 1 is 1.89 bits per heavy atom. The molecule has 0 aliphatic heterocycles. The van der Waals surface area contributed by atoms with Crippen molar-refractivity contribution >= 4 is 5.91 Å².